The van der Waals surface area contributed by atoms with Crippen molar-refractivity contribution in [2.75, 3.05) is 5.06 Å². The van der Waals surface area contributed by atoms with Gasteiger partial charge in [0.1, 0.15) is 0 Å². The van der Waals surface area contributed by atoms with Gasteiger partial charge in [-0.25, -0.2) is 14.9 Å². The zero-order valence-corrected chi connectivity index (χ0v) is 16.1. The molecule has 1 atom stereocenters. The maximum Gasteiger partial charge on any atom is 0.336 e. The van der Waals surface area contributed by atoms with E-state index in [1.54, 1.807) is 12.1 Å². The van der Waals surface area contributed by atoms with Crippen molar-refractivity contribution in [1.82, 2.24) is 0 Å². The summed E-state index contributed by atoms with van der Waals surface area (Å²) in [5, 5.41) is 21.9. The van der Waals surface area contributed by atoms with Crippen LogP contribution in [-0.2, 0) is 0 Å². The van der Waals surface area contributed by atoms with Crippen molar-refractivity contribution in [3.63, 3.8) is 0 Å². The van der Waals surface area contributed by atoms with Gasteiger partial charge in [-0.1, -0.05) is 29.8 Å². The Morgan fingerprint density at radius 2 is 2.04 bits per heavy atom. The lowest BCUT2D eigenvalue weighted by Crippen LogP contribution is -2.32. The van der Waals surface area contributed by atoms with Crippen molar-refractivity contribution in [3.8, 4) is 0 Å². The highest BCUT2D eigenvalue weighted by Crippen LogP contribution is 2.43. The fourth-order valence-corrected chi connectivity index (χ4v) is 3.80. The average Bonchev–Trinajstić information content (AvgIpc) is 2.66. The first-order valence-electron chi connectivity index (χ1n) is 9.27. The Balaban J connectivity index is 1.98. The van der Waals surface area contributed by atoms with E-state index in [1.807, 2.05) is 51.1 Å². The summed E-state index contributed by atoms with van der Waals surface area (Å²) in [5.74, 6) is -1.04. The molecule has 0 bridgehead atoms. The molecule has 1 unspecified atom stereocenters. The third-order valence-corrected chi connectivity index (χ3v) is 5.16. The van der Waals surface area contributed by atoms with E-state index in [9.17, 15) is 15.1 Å². The van der Waals surface area contributed by atoms with Gasteiger partial charge in [-0.3, -0.25) is 5.21 Å². The highest BCUT2D eigenvalue weighted by atomic mass is 16.5. The van der Waals surface area contributed by atoms with Crippen molar-refractivity contribution in [2.45, 2.75) is 33.1 Å². The number of carboxylic acid groups (broad SMARTS) is 1. The number of benzene rings is 2. The molecular formula is C23H22N2O3. The number of carbonyl (C=O) groups is 1. The van der Waals surface area contributed by atoms with Crippen molar-refractivity contribution < 1.29 is 15.1 Å². The largest absolute Gasteiger partial charge is 0.478 e. The van der Waals surface area contributed by atoms with Crippen LogP contribution in [-0.4, -0.2) is 22.0 Å². The molecule has 1 heterocycles. The second-order valence-corrected chi connectivity index (χ2v) is 7.51. The number of aliphatic imine (C=N–C) groups is 1. The van der Waals surface area contributed by atoms with E-state index in [1.165, 1.54) is 5.57 Å². The Morgan fingerprint density at radius 1 is 1.25 bits per heavy atom. The van der Waals surface area contributed by atoms with E-state index in [2.05, 4.69) is 6.08 Å². The van der Waals surface area contributed by atoms with E-state index in [0.29, 0.717) is 28.3 Å². The first kappa shape index (κ1) is 18.2. The second-order valence-electron chi connectivity index (χ2n) is 7.51. The molecule has 1 aliphatic carbocycles. The number of hydrogen-bond acceptors (Lipinski definition) is 4. The van der Waals surface area contributed by atoms with Crippen LogP contribution in [0.2, 0.25) is 0 Å². The van der Waals surface area contributed by atoms with E-state index >= 15 is 0 Å². The Bertz CT molecular complexity index is 1080. The Hall–Kier alpha value is -3.18. The van der Waals surface area contributed by atoms with E-state index in [0.717, 1.165) is 22.6 Å². The first-order valence-corrected chi connectivity index (χ1v) is 9.27. The van der Waals surface area contributed by atoms with Gasteiger partial charge in [0.15, 0.2) is 0 Å². The summed E-state index contributed by atoms with van der Waals surface area (Å²) in [4.78, 5) is 16.7. The fourth-order valence-electron chi connectivity index (χ4n) is 3.80. The van der Waals surface area contributed by atoms with Crippen molar-refractivity contribution >= 4 is 23.1 Å². The molecule has 5 heteroatoms. The number of hydroxylamine groups is 1. The van der Waals surface area contributed by atoms with Gasteiger partial charge in [0.2, 0.25) is 0 Å². The number of carboxylic acids is 1. The molecular weight excluding hydrogens is 352 g/mol. The number of hydrogen-bond donors (Lipinski definition) is 2. The van der Waals surface area contributed by atoms with Crippen LogP contribution in [0.4, 0.5) is 11.4 Å². The maximum absolute atomic E-state index is 11.9. The summed E-state index contributed by atoms with van der Waals surface area (Å²) in [5.41, 5.74) is 6.18. The van der Waals surface area contributed by atoms with Crippen molar-refractivity contribution in [1.29, 1.82) is 0 Å². The van der Waals surface area contributed by atoms with Crippen molar-refractivity contribution in [3.05, 3.63) is 82.1 Å². The Labute approximate surface area is 163 Å². The van der Waals surface area contributed by atoms with Crippen LogP contribution in [0.15, 0.2) is 64.8 Å². The Kier molecular flexibility index (Phi) is 4.40. The lowest BCUT2D eigenvalue weighted by molar-refractivity contribution is 0.0696. The molecule has 4 rings (SSSR count). The third kappa shape index (κ3) is 2.94. The number of fused-ring (bicyclic) bond motifs is 4. The van der Waals surface area contributed by atoms with Crippen LogP contribution in [0.25, 0.3) is 0 Å². The molecule has 2 aromatic rings. The number of nitrogens with zero attached hydrogens (tertiary/aromatic N) is 2. The molecule has 5 nitrogen and oxygen atoms in total. The van der Waals surface area contributed by atoms with Crippen LogP contribution >= 0.6 is 0 Å². The molecule has 0 radical (unpaired) electrons. The molecule has 2 N–H and O–H groups in total. The van der Waals surface area contributed by atoms with Gasteiger partial charge in [0.25, 0.3) is 0 Å². The van der Waals surface area contributed by atoms with Crippen LogP contribution in [0, 0.1) is 6.92 Å². The summed E-state index contributed by atoms with van der Waals surface area (Å²) in [7, 11) is 0. The standard InChI is InChI=1S/C23H22N2O3/c1-13(2)7-9-15-12-20-22(21-16(15)5-4-6-17(21)23(26)27)24-18-10-8-14(3)11-19(18)25(20)28/h4-8,10-12,15,28H,9H2,1-3H3,(H,26,27). The predicted octanol–water partition coefficient (Wildman–Crippen LogP) is 5.36. The van der Waals surface area contributed by atoms with Crippen LogP contribution in [0.1, 0.15) is 53.2 Å². The molecule has 28 heavy (non-hydrogen) atoms. The maximum atomic E-state index is 11.9. The quantitative estimate of drug-likeness (QED) is 0.709. The predicted molar refractivity (Wildman–Crippen MR) is 110 cm³/mol. The van der Waals surface area contributed by atoms with Gasteiger partial charge in [0, 0.05) is 11.5 Å². The highest BCUT2D eigenvalue weighted by molar-refractivity contribution is 6.22. The van der Waals surface area contributed by atoms with E-state index < -0.39 is 5.97 Å². The molecule has 0 spiro atoms. The molecule has 0 fully saturated rings. The number of aryl methyl sites for hydroxylation is 1. The fraction of sp³-hybridized carbons (Fsp3) is 0.217. The van der Waals surface area contributed by atoms with Crippen LogP contribution in [0.5, 0.6) is 0 Å². The molecule has 0 saturated carbocycles. The SMILES string of the molecule is CC(C)=CCC1C=C2C(=Nc3ccc(C)cc3N2O)c2c(C(=O)O)cccc21. The van der Waals surface area contributed by atoms with Gasteiger partial charge >= 0.3 is 5.97 Å². The molecule has 0 aromatic heterocycles. The number of rotatable bonds is 3. The summed E-state index contributed by atoms with van der Waals surface area (Å²) < 4.78 is 0. The summed E-state index contributed by atoms with van der Waals surface area (Å²) >= 11 is 0. The minimum Gasteiger partial charge on any atom is -0.478 e. The zero-order chi connectivity index (χ0) is 20.0. The summed E-state index contributed by atoms with van der Waals surface area (Å²) in [6.45, 7) is 6.03. The molecule has 2 aliphatic rings. The van der Waals surface area contributed by atoms with Crippen LogP contribution < -0.4 is 5.06 Å². The van der Waals surface area contributed by atoms with E-state index in [-0.39, 0.29) is 11.5 Å². The van der Waals surface area contributed by atoms with Gasteiger partial charge in [-0.2, -0.15) is 0 Å². The normalized spacial score (nSPS) is 17.0. The monoisotopic (exact) mass is 374 g/mol. The molecule has 0 saturated heterocycles. The lowest BCUT2D eigenvalue weighted by Gasteiger charge is -2.34. The van der Waals surface area contributed by atoms with Crippen LogP contribution in [0.3, 0.4) is 0 Å². The first-order chi connectivity index (χ1) is 13.4. The zero-order valence-electron chi connectivity index (χ0n) is 16.1. The second kappa shape index (κ2) is 6.77. The molecule has 0 amide bonds. The van der Waals surface area contributed by atoms with Gasteiger partial charge in [-0.15, -0.1) is 0 Å². The minimum absolute atomic E-state index is 0.0424. The highest BCUT2D eigenvalue weighted by Gasteiger charge is 2.34. The van der Waals surface area contributed by atoms with E-state index in [4.69, 9.17) is 4.99 Å². The van der Waals surface area contributed by atoms with Gasteiger partial charge < -0.3 is 5.11 Å². The molecule has 2 aromatic carbocycles. The minimum atomic E-state index is -0.999. The number of anilines is 1. The van der Waals surface area contributed by atoms with Crippen molar-refractivity contribution in [2.24, 2.45) is 4.99 Å². The van der Waals surface area contributed by atoms with Gasteiger partial charge in [0.05, 0.1) is 28.3 Å². The summed E-state index contributed by atoms with van der Waals surface area (Å²) in [6, 6.07) is 11.0. The lowest BCUT2D eigenvalue weighted by atomic mass is 9.80. The van der Waals surface area contributed by atoms with Gasteiger partial charge in [-0.05, 0) is 62.6 Å². The Morgan fingerprint density at radius 3 is 2.75 bits per heavy atom. The number of aromatic carboxylic acids is 1. The third-order valence-electron chi connectivity index (χ3n) is 5.16. The summed E-state index contributed by atoms with van der Waals surface area (Å²) in [6.07, 6.45) is 4.84. The number of allylic oxidation sites excluding steroid dienone is 4. The molecule has 1 aliphatic heterocycles. The smallest absolute Gasteiger partial charge is 0.336 e. The topological polar surface area (TPSA) is 73.1 Å². The average molecular weight is 374 g/mol. The molecule has 142 valence electrons.